The van der Waals surface area contributed by atoms with Gasteiger partial charge in [-0.05, 0) is 18.9 Å². The monoisotopic (exact) mass is 195 g/mol. The summed E-state index contributed by atoms with van der Waals surface area (Å²) in [4.78, 5) is 4.32. The molecule has 1 saturated carbocycles. The van der Waals surface area contributed by atoms with Crippen molar-refractivity contribution in [1.82, 2.24) is 15.5 Å². The fraction of sp³-hybridized carbons (Fsp3) is 0.778. The van der Waals surface area contributed by atoms with Crippen molar-refractivity contribution in [3.8, 4) is 0 Å². The van der Waals surface area contributed by atoms with E-state index in [0.29, 0.717) is 30.3 Å². The van der Waals surface area contributed by atoms with Gasteiger partial charge in [0.2, 0.25) is 5.89 Å². The van der Waals surface area contributed by atoms with Crippen LogP contribution in [-0.4, -0.2) is 29.8 Å². The molecule has 3 unspecified atom stereocenters. The normalized spacial score (nSPS) is 34.5. The lowest BCUT2D eigenvalue weighted by molar-refractivity contribution is 0.174. The van der Waals surface area contributed by atoms with E-state index in [1.54, 1.807) is 7.11 Å². The molecule has 1 aromatic heterocycles. The molecular weight excluding hydrogens is 182 g/mol. The number of hydrogen-bond acceptors (Lipinski definition) is 5. The summed E-state index contributed by atoms with van der Waals surface area (Å²) in [6.07, 6.45) is 1.26. The Labute approximate surface area is 81.8 Å². The van der Waals surface area contributed by atoms with Crippen LogP contribution in [0.25, 0.3) is 0 Å². The highest BCUT2D eigenvalue weighted by atomic mass is 16.5. The van der Waals surface area contributed by atoms with Gasteiger partial charge in [0.15, 0.2) is 5.82 Å². The van der Waals surface area contributed by atoms with E-state index in [4.69, 9.17) is 9.26 Å². The smallest absolute Gasteiger partial charge is 0.231 e. The highest BCUT2D eigenvalue weighted by Crippen LogP contribution is 2.46. The molecule has 0 amide bonds. The molecule has 2 bridgehead atoms. The van der Waals surface area contributed by atoms with Crippen LogP contribution in [0, 0.1) is 5.92 Å². The Morgan fingerprint density at radius 3 is 3.21 bits per heavy atom. The summed E-state index contributed by atoms with van der Waals surface area (Å²) in [6, 6.07) is 0.566. The number of hydrogen-bond donors (Lipinski definition) is 1. The Morgan fingerprint density at radius 1 is 1.64 bits per heavy atom. The van der Waals surface area contributed by atoms with Gasteiger partial charge in [-0.1, -0.05) is 5.16 Å². The topological polar surface area (TPSA) is 60.2 Å². The van der Waals surface area contributed by atoms with Gasteiger partial charge in [-0.3, -0.25) is 0 Å². The van der Waals surface area contributed by atoms with E-state index in [9.17, 15) is 0 Å². The Hall–Kier alpha value is -0.940. The maximum atomic E-state index is 5.22. The van der Waals surface area contributed by atoms with Crippen molar-refractivity contribution in [3.05, 3.63) is 11.7 Å². The Kier molecular flexibility index (Phi) is 1.81. The Balaban J connectivity index is 1.77. The molecule has 4 rings (SSSR count). The van der Waals surface area contributed by atoms with Crippen LogP contribution >= 0.6 is 0 Å². The van der Waals surface area contributed by atoms with E-state index >= 15 is 0 Å². The molecule has 2 saturated heterocycles. The Bertz CT molecular complexity index is 325. The summed E-state index contributed by atoms with van der Waals surface area (Å²) in [7, 11) is 1.63. The number of methoxy groups -OCH3 is 1. The van der Waals surface area contributed by atoms with E-state index in [2.05, 4.69) is 15.5 Å². The second-order valence-corrected chi connectivity index (χ2v) is 4.02. The molecule has 0 radical (unpaired) electrons. The first kappa shape index (κ1) is 8.38. The van der Waals surface area contributed by atoms with Crippen molar-refractivity contribution >= 4 is 0 Å². The minimum absolute atomic E-state index is 0.430. The molecular formula is C9H13N3O2. The predicted molar refractivity (Wildman–Crippen MR) is 47.6 cm³/mol. The van der Waals surface area contributed by atoms with Crippen LogP contribution in [0.3, 0.4) is 0 Å². The second kappa shape index (κ2) is 3.03. The van der Waals surface area contributed by atoms with Gasteiger partial charge in [0.1, 0.15) is 6.61 Å². The summed E-state index contributed by atoms with van der Waals surface area (Å²) in [6.45, 7) is 1.52. The van der Waals surface area contributed by atoms with Crippen LogP contribution < -0.4 is 5.32 Å². The van der Waals surface area contributed by atoms with E-state index in [-0.39, 0.29) is 0 Å². The molecule has 3 atom stereocenters. The first-order valence-electron chi connectivity index (χ1n) is 4.93. The van der Waals surface area contributed by atoms with Crippen molar-refractivity contribution in [1.29, 1.82) is 0 Å². The average molecular weight is 195 g/mol. The predicted octanol–water partition coefficient (Wildman–Crippen LogP) is 0.291. The molecule has 3 fully saturated rings. The number of aromatic nitrogens is 2. The molecule has 14 heavy (non-hydrogen) atoms. The quantitative estimate of drug-likeness (QED) is 0.751. The summed E-state index contributed by atoms with van der Waals surface area (Å²) >= 11 is 0. The zero-order chi connectivity index (χ0) is 9.54. The van der Waals surface area contributed by atoms with Gasteiger partial charge in [0, 0.05) is 13.2 Å². The Morgan fingerprint density at radius 2 is 2.57 bits per heavy atom. The lowest BCUT2D eigenvalue weighted by Crippen LogP contribution is -2.34. The maximum absolute atomic E-state index is 5.22. The minimum atomic E-state index is 0.430. The standard InChI is InChI=1S/C9H13N3O2/c1-13-4-7-11-9(14-12-7)8-5-2-6(8)10-3-5/h5-6,8,10H,2-4H2,1H3. The second-order valence-electron chi connectivity index (χ2n) is 4.02. The van der Waals surface area contributed by atoms with Crippen LogP contribution in [0.2, 0.25) is 0 Å². The molecule has 0 aromatic carbocycles. The fourth-order valence-electron chi connectivity index (χ4n) is 2.44. The molecule has 1 N–H and O–H groups in total. The van der Waals surface area contributed by atoms with E-state index in [1.165, 1.54) is 6.42 Å². The molecule has 2 aliphatic heterocycles. The van der Waals surface area contributed by atoms with Gasteiger partial charge in [-0.2, -0.15) is 4.98 Å². The van der Waals surface area contributed by atoms with Crippen molar-refractivity contribution in [2.24, 2.45) is 5.92 Å². The number of rotatable bonds is 3. The number of nitrogens with zero attached hydrogens (tertiary/aromatic N) is 2. The van der Waals surface area contributed by atoms with Crippen LogP contribution in [0.4, 0.5) is 0 Å². The van der Waals surface area contributed by atoms with Gasteiger partial charge in [0.25, 0.3) is 0 Å². The van der Waals surface area contributed by atoms with E-state index in [0.717, 1.165) is 12.4 Å². The van der Waals surface area contributed by atoms with Crippen LogP contribution in [0.5, 0.6) is 0 Å². The van der Waals surface area contributed by atoms with E-state index < -0.39 is 0 Å². The zero-order valence-electron chi connectivity index (χ0n) is 8.06. The third kappa shape index (κ3) is 1.09. The molecule has 76 valence electrons. The molecule has 1 aliphatic carbocycles. The third-order valence-electron chi connectivity index (χ3n) is 3.18. The maximum Gasteiger partial charge on any atom is 0.231 e. The number of fused-ring (bicyclic) bond motifs is 1. The van der Waals surface area contributed by atoms with Gasteiger partial charge in [-0.25, -0.2) is 0 Å². The molecule has 3 heterocycles. The third-order valence-corrected chi connectivity index (χ3v) is 3.18. The lowest BCUT2D eigenvalue weighted by Gasteiger charge is -2.30. The summed E-state index contributed by atoms with van der Waals surface area (Å²) < 4.78 is 10.2. The first-order valence-corrected chi connectivity index (χ1v) is 4.93. The number of ether oxygens (including phenoxy) is 1. The summed E-state index contributed by atoms with van der Waals surface area (Å²) in [5.41, 5.74) is 0. The van der Waals surface area contributed by atoms with Crippen LogP contribution in [-0.2, 0) is 11.3 Å². The average Bonchev–Trinajstić information content (AvgIpc) is 2.77. The van der Waals surface area contributed by atoms with Gasteiger partial charge in [0.05, 0.1) is 5.92 Å². The molecule has 1 aromatic rings. The fourth-order valence-corrected chi connectivity index (χ4v) is 2.44. The lowest BCUT2D eigenvalue weighted by atomic mass is 9.74. The summed E-state index contributed by atoms with van der Waals surface area (Å²) in [5.74, 6) is 2.58. The molecule has 5 nitrogen and oxygen atoms in total. The molecule has 5 heteroatoms. The largest absolute Gasteiger partial charge is 0.377 e. The van der Waals surface area contributed by atoms with Crippen molar-refractivity contribution in [3.63, 3.8) is 0 Å². The van der Waals surface area contributed by atoms with Crippen molar-refractivity contribution < 1.29 is 9.26 Å². The molecule has 0 spiro atoms. The van der Waals surface area contributed by atoms with Gasteiger partial charge >= 0.3 is 0 Å². The van der Waals surface area contributed by atoms with Crippen molar-refractivity contribution in [2.75, 3.05) is 13.7 Å². The minimum Gasteiger partial charge on any atom is -0.377 e. The van der Waals surface area contributed by atoms with Crippen LogP contribution in [0.15, 0.2) is 4.52 Å². The highest BCUT2D eigenvalue weighted by molar-refractivity contribution is 5.15. The van der Waals surface area contributed by atoms with Crippen LogP contribution in [0.1, 0.15) is 24.1 Å². The van der Waals surface area contributed by atoms with Crippen molar-refractivity contribution in [2.45, 2.75) is 25.0 Å². The number of nitrogens with one attached hydrogen (secondary N) is 1. The summed E-state index contributed by atoms with van der Waals surface area (Å²) in [5, 5.41) is 7.29. The first-order chi connectivity index (χ1) is 6.88. The highest BCUT2D eigenvalue weighted by Gasteiger charge is 2.50. The zero-order valence-corrected chi connectivity index (χ0v) is 8.06. The van der Waals surface area contributed by atoms with Gasteiger partial charge < -0.3 is 14.6 Å². The SMILES string of the molecule is COCc1noc(C2C3CNC2C3)n1. The van der Waals surface area contributed by atoms with E-state index in [1.807, 2.05) is 0 Å². The molecule has 3 aliphatic rings. The van der Waals surface area contributed by atoms with Gasteiger partial charge in [-0.15, -0.1) is 0 Å².